The van der Waals surface area contributed by atoms with Gasteiger partial charge in [0.25, 0.3) is 0 Å². The minimum Gasteiger partial charge on any atom is -0.394 e. The van der Waals surface area contributed by atoms with Gasteiger partial charge in [-0.3, -0.25) is 0 Å². The van der Waals surface area contributed by atoms with Crippen molar-refractivity contribution in [2.45, 2.75) is 32.2 Å². The second kappa shape index (κ2) is 4.22. The van der Waals surface area contributed by atoms with E-state index in [4.69, 9.17) is 10.8 Å². The molecule has 0 saturated carbocycles. The first-order valence-electron chi connectivity index (χ1n) is 4.48. The topological polar surface area (TPSA) is 46.2 Å². The molecule has 0 fully saturated rings. The van der Waals surface area contributed by atoms with Crippen molar-refractivity contribution >= 4 is 11.3 Å². The van der Waals surface area contributed by atoms with E-state index < -0.39 is 5.54 Å². The van der Waals surface area contributed by atoms with Crippen LogP contribution in [0.4, 0.5) is 0 Å². The van der Waals surface area contributed by atoms with Gasteiger partial charge in [0, 0.05) is 10.4 Å². The molecular formula is C10H17NOS. The molecule has 0 amide bonds. The number of rotatable bonds is 4. The first kappa shape index (κ1) is 10.7. The summed E-state index contributed by atoms with van der Waals surface area (Å²) in [6.45, 7) is 4.05. The average molecular weight is 199 g/mol. The Morgan fingerprint density at radius 2 is 2.31 bits per heavy atom. The third-order valence-corrected chi connectivity index (χ3v) is 3.34. The van der Waals surface area contributed by atoms with E-state index in [1.165, 1.54) is 10.4 Å². The number of thiophene rings is 1. The number of aliphatic hydroxyl groups is 1. The van der Waals surface area contributed by atoms with Crippen molar-refractivity contribution in [2.24, 2.45) is 5.73 Å². The normalized spacial score (nSPS) is 15.7. The van der Waals surface area contributed by atoms with E-state index >= 15 is 0 Å². The summed E-state index contributed by atoms with van der Waals surface area (Å²) in [6, 6.07) is 2.12. The van der Waals surface area contributed by atoms with Crippen molar-refractivity contribution in [3.05, 3.63) is 21.9 Å². The minimum absolute atomic E-state index is 0.0530. The first-order chi connectivity index (χ1) is 6.05. The molecule has 0 bridgehead atoms. The molecule has 0 saturated heterocycles. The van der Waals surface area contributed by atoms with Gasteiger partial charge in [-0.25, -0.2) is 0 Å². The molecule has 0 aliphatic heterocycles. The largest absolute Gasteiger partial charge is 0.394 e. The van der Waals surface area contributed by atoms with Crippen LogP contribution in [0.3, 0.4) is 0 Å². The third kappa shape index (κ3) is 3.10. The van der Waals surface area contributed by atoms with Crippen LogP contribution in [-0.4, -0.2) is 17.3 Å². The molecule has 0 aliphatic carbocycles. The Balaban J connectivity index is 2.48. The van der Waals surface area contributed by atoms with Gasteiger partial charge in [-0.2, -0.15) is 0 Å². The summed E-state index contributed by atoms with van der Waals surface area (Å²) < 4.78 is 0. The molecule has 1 heterocycles. The van der Waals surface area contributed by atoms with Crippen LogP contribution in [0.5, 0.6) is 0 Å². The van der Waals surface area contributed by atoms with Crippen LogP contribution in [-0.2, 0) is 6.42 Å². The molecule has 3 heteroatoms. The van der Waals surface area contributed by atoms with E-state index in [0.717, 1.165) is 12.8 Å². The zero-order valence-electron chi connectivity index (χ0n) is 8.21. The number of aryl methyl sites for hydroxylation is 2. The van der Waals surface area contributed by atoms with Crippen LogP contribution in [0.25, 0.3) is 0 Å². The molecule has 74 valence electrons. The Bertz CT molecular complexity index is 268. The Labute approximate surface area is 83.4 Å². The van der Waals surface area contributed by atoms with Gasteiger partial charge in [0.1, 0.15) is 0 Å². The Hall–Kier alpha value is -0.380. The van der Waals surface area contributed by atoms with Crippen LogP contribution in [0.1, 0.15) is 23.8 Å². The Kier molecular flexibility index (Phi) is 3.47. The van der Waals surface area contributed by atoms with Gasteiger partial charge in [-0.15, -0.1) is 11.3 Å². The summed E-state index contributed by atoms with van der Waals surface area (Å²) in [7, 11) is 0. The highest BCUT2D eigenvalue weighted by molar-refractivity contribution is 7.10. The molecular weight excluding hydrogens is 182 g/mol. The predicted molar refractivity (Wildman–Crippen MR) is 57.1 cm³/mol. The standard InChI is InChI=1S/C10H17NOS/c1-8-4-6-13-9(8)3-5-10(2,11)7-12/h4,6,12H,3,5,7,11H2,1-2H3/t10-/m1/s1. The van der Waals surface area contributed by atoms with Gasteiger partial charge in [-0.05, 0) is 43.7 Å². The van der Waals surface area contributed by atoms with E-state index in [-0.39, 0.29) is 6.61 Å². The molecule has 1 rings (SSSR count). The van der Waals surface area contributed by atoms with Crippen LogP contribution < -0.4 is 5.73 Å². The van der Waals surface area contributed by atoms with Gasteiger partial charge in [0.05, 0.1) is 6.61 Å². The van der Waals surface area contributed by atoms with E-state index in [0.29, 0.717) is 0 Å². The lowest BCUT2D eigenvalue weighted by molar-refractivity contribution is 0.201. The molecule has 0 aromatic carbocycles. The second-order valence-electron chi connectivity index (χ2n) is 3.84. The fourth-order valence-electron chi connectivity index (χ4n) is 1.14. The number of nitrogens with two attached hydrogens (primary N) is 1. The summed E-state index contributed by atoms with van der Waals surface area (Å²) >= 11 is 1.76. The fourth-order valence-corrected chi connectivity index (χ4v) is 2.05. The van der Waals surface area contributed by atoms with Crippen molar-refractivity contribution in [2.75, 3.05) is 6.61 Å². The van der Waals surface area contributed by atoms with Crippen LogP contribution in [0.2, 0.25) is 0 Å². The number of aliphatic hydroxyl groups excluding tert-OH is 1. The summed E-state index contributed by atoms with van der Waals surface area (Å²) in [6.07, 6.45) is 1.81. The van der Waals surface area contributed by atoms with Crippen molar-refractivity contribution in [3.63, 3.8) is 0 Å². The smallest absolute Gasteiger partial charge is 0.0608 e. The highest BCUT2D eigenvalue weighted by Crippen LogP contribution is 2.19. The summed E-state index contributed by atoms with van der Waals surface area (Å²) in [4.78, 5) is 1.38. The van der Waals surface area contributed by atoms with Gasteiger partial charge >= 0.3 is 0 Å². The maximum atomic E-state index is 8.97. The summed E-state index contributed by atoms with van der Waals surface area (Å²) in [5.41, 5.74) is 6.74. The van der Waals surface area contributed by atoms with Gasteiger partial charge < -0.3 is 10.8 Å². The van der Waals surface area contributed by atoms with Crippen molar-refractivity contribution < 1.29 is 5.11 Å². The molecule has 13 heavy (non-hydrogen) atoms. The van der Waals surface area contributed by atoms with Gasteiger partial charge in [-0.1, -0.05) is 0 Å². The quantitative estimate of drug-likeness (QED) is 0.775. The van der Waals surface area contributed by atoms with E-state index in [2.05, 4.69) is 18.4 Å². The highest BCUT2D eigenvalue weighted by atomic mass is 32.1. The average Bonchev–Trinajstić information content (AvgIpc) is 2.48. The molecule has 0 radical (unpaired) electrons. The molecule has 3 N–H and O–H groups in total. The van der Waals surface area contributed by atoms with E-state index in [1.54, 1.807) is 11.3 Å². The maximum Gasteiger partial charge on any atom is 0.0608 e. The molecule has 1 atom stereocenters. The monoisotopic (exact) mass is 199 g/mol. The molecule has 1 aromatic rings. The molecule has 2 nitrogen and oxygen atoms in total. The number of hydrogen-bond acceptors (Lipinski definition) is 3. The lowest BCUT2D eigenvalue weighted by Crippen LogP contribution is -2.40. The fraction of sp³-hybridized carbons (Fsp3) is 0.600. The summed E-state index contributed by atoms with van der Waals surface area (Å²) in [5, 5.41) is 11.1. The maximum absolute atomic E-state index is 8.97. The zero-order valence-corrected chi connectivity index (χ0v) is 9.03. The van der Waals surface area contributed by atoms with Gasteiger partial charge in [0.2, 0.25) is 0 Å². The molecule has 0 spiro atoms. The van der Waals surface area contributed by atoms with Crippen LogP contribution in [0, 0.1) is 6.92 Å². The van der Waals surface area contributed by atoms with Crippen molar-refractivity contribution in [1.82, 2.24) is 0 Å². The van der Waals surface area contributed by atoms with E-state index in [1.807, 2.05) is 6.92 Å². The van der Waals surface area contributed by atoms with Crippen molar-refractivity contribution in [1.29, 1.82) is 0 Å². The molecule has 0 unspecified atom stereocenters. The second-order valence-corrected chi connectivity index (χ2v) is 4.84. The lowest BCUT2D eigenvalue weighted by atomic mass is 9.97. The first-order valence-corrected chi connectivity index (χ1v) is 5.36. The van der Waals surface area contributed by atoms with Gasteiger partial charge in [0.15, 0.2) is 0 Å². The molecule has 1 aromatic heterocycles. The zero-order chi connectivity index (χ0) is 9.90. The predicted octanol–water partition coefficient (Wildman–Crippen LogP) is 1.70. The van der Waals surface area contributed by atoms with E-state index in [9.17, 15) is 0 Å². The molecule has 0 aliphatic rings. The highest BCUT2D eigenvalue weighted by Gasteiger charge is 2.17. The third-order valence-electron chi connectivity index (χ3n) is 2.25. The Morgan fingerprint density at radius 3 is 2.77 bits per heavy atom. The number of hydrogen-bond donors (Lipinski definition) is 2. The minimum atomic E-state index is -0.434. The van der Waals surface area contributed by atoms with Crippen LogP contribution >= 0.6 is 11.3 Å². The lowest BCUT2D eigenvalue weighted by Gasteiger charge is -2.21. The Morgan fingerprint density at radius 1 is 1.62 bits per heavy atom. The van der Waals surface area contributed by atoms with Crippen LogP contribution in [0.15, 0.2) is 11.4 Å². The summed E-state index contributed by atoms with van der Waals surface area (Å²) in [5.74, 6) is 0. The SMILES string of the molecule is Cc1ccsc1CC[C@@](C)(N)CO. The van der Waals surface area contributed by atoms with Crippen molar-refractivity contribution in [3.8, 4) is 0 Å².